The van der Waals surface area contributed by atoms with Crippen LogP contribution in [0.4, 0.5) is 4.79 Å². The largest absolute Gasteiger partial charge is 0.480 e. The molecule has 0 aromatic rings. The van der Waals surface area contributed by atoms with E-state index in [1.54, 1.807) is 4.90 Å². The van der Waals surface area contributed by atoms with E-state index in [1.807, 2.05) is 6.92 Å². The van der Waals surface area contributed by atoms with Crippen LogP contribution in [0.2, 0.25) is 0 Å². The van der Waals surface area contributed by atoms with Crippen LogP contribution in [0, 0.1) is 0 Å². The van der Waals surface area contributed by atoms with E-state index >= 15 is 0 Å². The lowest BCUT2D eigenvalue weighted by Crippen LogP contribution is -2.50. The molecule has 1 aliphatic rings. The highest BCUT2D eigenvalue weighted by Crippen LogP contribution is 2.26. The van der Waals surface area contributed by atoms with Crippen molar-refractivity contribution in [1.29, 1.82) is 0 Å². The number of carbonyl (C=O) groups is 2. The number of methoxy groups -OCH3 is 1. The molecule has 2 amide bonds. The van der Waals surface area contributed by atoms with Crippen molar-refractivity contribution >= 4 is 12.0 Å². The van der Waals surface area contributed by atoms with E-state index in [4.69, 9.17) is 9.84 Å². The first-order valence-electron chi connectivity index (χ1n) is 5.39. The minimum atomic E-state index is -1.08. The summed E-state index contributed by atoms with van der Waals surface area (Å²) in [6, 6.07) is -1.03. The van der Waals surface area contributed by atoms with Gasteiger partial charge in [0.1, 0.15) is 0 Å². The molecule has 0 aliphatic heterocycles. The Morgan fingerprint density at radius 1 is 1.56 bits per heavy atom. The summed E-state index contributed by atoms with van der Waals surface area (Å²) in [7, 11) is 1.40. The zero-order valence-electron chi connectivity index (χ0n) is 9.60. The molecule has 0 saturated heterocycles. The number of urea groups is 1. The van der Waals surface area contributed by atoms with Crippen molar-refractivity contribution in [2.24, 2.45) is 0 Å². The Kier molecular flexibility index (Phi) is 4.54. The van der Waals surface area contributed by atoms with Gasteiger partial charge in [-0.05, 0) is 19.8 Å². The minimum Gasteiger partial charge on any atom is -0.480 e. The summed E-state index contributed by atoms with van der Waals surface area (Å²) >= 11 is 0. The third-order valence-electron chi connectivity index (χ3n) is 2.52. The van der Waals surface area contributed by atoms with Gasteiger partial charge in [-0.3, -0.25) is 0 Å². The van der Waals surface area contributed by atoms with Gasteiger partial charge in [-0.25, -0.2) is 9.59 Å². The molecule has 1 fully saturated rings. The van der Waals surface area contributed by atoms with Crippen molar-refractivity contribution < 1.29 is 19.4 Å². The lowest BCUT2D eigenvalue weighted by molar-refractivity contribution is -0.140. The number of nitrogens with one attached hydrogen (secondary N) is 1. The summed E-state index contributed by atoms with van der Waals surface area (Å²) in [6.45, 7) is 2.45. The van der Waals surface area contributed by atoms with E-state index < -0.39 is 12.0 Å². The number of ether oxygens (including phenoxy) is 1. The van der Waals surface area contributed by atoms with E-state index in [-0.39, 0.29) is 18.7 Å². The van der Waals surface area contributed by atoms with Crippen molar-refractivity contribution in [1.82, 2.24) is 10.2 Å². The van der Waals surface area contributed by atoms with Gasteiger partial charge in [-0.2, -0.15) is 0 Å². The van der Waals surface area contributed by atoms with Crippen molar-refractivity contribution in [3.05, 3.63) is 0 Å². The summed E-state index contributed by atoms with van der Waals surface area (Å²) in [4.78, 5) is 24.2. The van der Waals surface area contributed by atoms with Gasteiger partial charge in [0.25, 0.3) is 0 Å². The third-order valence-corrected chi connectivity index (χ3v) is 2.52. The van der Waals surface area contributed by atoms with E-state index in [0.29, 0.717) is 6.54 Å². The molecule has 0 spiro atoms. The van der Waals surface area contributed by atoms with Crippen molar-refractivity contribution in [2.45, 2.75) is 31.8 Å². The fourth-order valence-corrected chi connectivity index (χ4v) is 1.53. The van der Waals surface area contributed by atoms with Crippen LogP contribution in [-0.2, 0) is 9.53 Å². The normalized spacial score (nSPS) is 16.6. The van der Waals surface area contributed by atoms with Crippen LogP contribution in [-0.4, -0.2) is 54.4 Å². The lowest BCUT2D eigenvalue weighted by Gasteiger charge is -2.23. The molecule has 1 unspecified atom stereocenters. The maximum absolute atomic E-state index is 11.7. The second kappa shape index (κ2) is 5.69. The van der Waals surface area contributed by atoms with Gasteiger partial charge in [-0.15, -0.1) is 0 Å². The topological polar surface area (TPSA) is 78.9 Å². The first-order valence-corrected chi connectivity index (χ1v) is 5.39. The average Bonchev–Trinajstić information content (AvgIpc) is 3.02. The Hall–Kier alpha value is -1.30. The number of hydrogen-bond donors (Lipinski definition) is 2. The maximum Gasteiger partial charge on any atom is 0.328 e. The Labute approximate surface area is 94.6 Å². The summed E-state index contributed by atoms with van der Waals surface area (Å²) in [6.07, 6.45) is 2.01. The number of nitrogens with zero attached hydrogens (tertiary/aromatic N) is 1. The van der Waals surface area contributed by atoms with Crippen LogP contribution in [0.1, 0.15) is 19.8 Å². The number of amides is 2. The zero-order valence-corrected chi connectivity index (χ0v) is 9.60. The zero-order chi connectivity index (χ0) is 12.1. The van der Waals surface area contributed by atoms with Crippen molar-refractivity contribution in [2.75, 3.05) is 20.3 Å². The molecule has 16 heavy (non-hydrogen) atoms. The number of hydrogen-bond acceptors (Lipinski definition) is 3. The van der Waals surface area contributed by atoms with Gasteiger partial charge in [0, 0.05) is 19.7 Å². The summed E-state index contributed by atoms with van der Waals surface area (Å²) in [5, 5.41) is 11.3. The predicted molar refractivity (Wildman–Crippen MR) is 57.2 cm³/mol. The molecule has 1 saturated carbocycles. The first kappa shape index (κ1) is 12.8. The summed E-state index contributed by atoms with van der Waals surface area (Å²) in [5.74, 6) is -1.08. The molecule has 1 aliphatic carbocycles. The molecule has 1 atom stereocenters. The highest BCUT2D eigenvalue weighted by atomic mass is 16.5. The van der Waals surface area contributed by atoms with Gasteiger partial charge in [0.05, 0.1) is 6.61 Å². The molecule has 6 nitrogen and oxygen atoms in total. The SMILES string of the molecule is CCN(C(=O)NC(COC)C(=O)O)C1CC1. The van der Waals surface area contributed by atoms with Gasteiger partial charge in [0.2, 0.25) is 0 Å². The maximum atomic E-state index is 11.7. The quantitative estimate of drug-likeness (QED) is 0.687. The monoisotopic (exact) mass is 230 g/mol. The van der Waals surface area contributed by atoms with E-state index in [9.17, 15) is 9.59 Å². The second-order valence-corrected chi connectivity index (χ2v) is 3.81. The predicted octanol–water partition coefficient (Wildman–Crippen LogP) is 0.280. The Balaban J connectivity index is 2.48. The first-order chi connectivity index (χ1) is 7.60. The third kappa shape index (κ3) is 3.37. The molecule has 2 N–H and O–H groups in total. The van der Waals surface area contributed by atoms with Crippen LogP contribution in [0.3, 0.4) is 0 Å². The fourth-order valence-electron chi connectivity index (χ4n) is 1.53. The van der Waals surface area contributed by atoms with Gasteiger partial charge in [-0.1, -0.05) is 0 Å². The molecule has 0 heterocycles. The van der Waals surface area contributed by atoms with Crippen LogP contribution >= 0.6 is 0 Å². The number of carboxylic acid groups (broad SMARTS) is 1. The highest BCUT2D eigenvalue weighted by molar-refractivity contribution is 5.83. The van der Waals surface area contributed by atoms with Crippen LogP contribution in [0.15, 0.2) is 0 Å². The molecule has 0 aromatic carbocycles. The van der Waals surface area contributed by atoms with Crippen LogP contribution in [0.25, 0.3) is 0 Å². The smallest absolute Gasteiger partial charge is 0.328 e. The minimum absolute atomic E-state index is 0.0245. The van der Waals surface area contributed by atoms with Gasteiger partial charge >= 0.3 is 12.0 Å². The van der Waals surface area contributed by atoms with E-state index in [1.165, 1.54) is 7.11 Å². The van der Waals surface area contributed by atoms with Crippen LogP contribution in [0.5, 0.6) is 0 Å². The molecular weight excluding hydrogens is 212 g/mol. The van der Waals surface area contributed by atoms with Gasteiger partial charge in [0.15, 0.2) is 6.04 Å². The highest BCUT2D eigenvalue weighted by Gasteiger charge is 2.33. The summed E-state index contributed by atoms with van der Waals surface area (Å²) in [5.41, 5.74) is 0. The standard InChI is InChI=1S/C10H18N2O4/c1-3-12(7-4-5-7)10(15)11-8(6-16-2)9(13)14/h7-8H,3-6H2,1-2H3,(H,11,15)(H,13,14). The Bertz CT molecular complexity index is 266. The fraction of sp³-hybridized carbons (Fsp3) is 0.800. The Morgan fingerprint density at radius 2 is 2.19 bits per heavy atom. The second-order valence-electron chi connectivity index (χ2n) is 3.81. The molecule has 1 rings (SSSR count). The number of rotatable bonds is 6. The Morgan fingerprint density at radius 3 is 2.56 bits per heavy atom. The average molecular weight is 230 g/mol. The van der Waals surface area contributed by atoms with Crippen molar-refractivity contribution in [3.63, 3.8) is 0 Å². The lowest BCUT2D eigenvalue weighted by atomic mass is 10.3. The molecule has 0 aromatic heterocycles. The molecular formula is C10H18N2O4. The number of aliphatic carboxylic acids is 1. The summed E-state index contributed by atoms with van der Waals surface area (Å²) < 4.78 is 4.74. The molecule has 0 radical (unpaired) electrons. The number of carbonyl (C=O) groups excluding carboxylic acids is 1. The van der Waals surface area contributed by atoms with E-state index in [2.05, 4.69) is 5.32 Å². The van der Waals surface area contributed by atoms with E-state index in [0.717, 1.165) is 12.8 Å². The van der Waals surface area contributed by atoms with Crippen LogP contribution < -0.4 is 5.32 Å². The van der Waals surface area contributed by atoms with Crippen molar-refractivity contribution in [3.8, 4) is 0 Å². The molecule has 92 valence electrons. The molecule has 0 bridgehead atoms. The molecule has 6 heteroatoms. The number of carboxylic acids is 1. The van der Waals surface area contributed by atoms with Gasteiger partial charge < -0.3 is 20.1 Å².